The number of phenols is 1. The summed E-state index contributed by atoms with van der Waals surface area (Å²) in [5.74, 6) is 0.239. The van der Waals surface area contributed by atoms with Crippen molar-refractivity contribution in [2.75, 3.05) is 13.1 Å². The number of nitrogens with zero attached hydrogens (tertiary/aromatic N) is 4. The Balaban J connectivity index is 1.48. The molecule has 1 aromatic heterocycles. The van der Waals surface area contributed by atoms with Crippen molar-refractivity contribution in [3.63, 3.8) is 0 Å². The first-order chi connectivity index (χ1) is 11.2. The Bertz CT molecular complexity index is 730. The monoisotopic (exact) mass is 314 g/mol. The molecule has 1 saturated heterocycles. The van der Waals surface area contributed by atoms with Gasteiger partial charge in [-0.1, -0.05) is 17.3 Å². The van der Waals surface area contributed by atoms with Crippen LogP contribution in [0.4, 0.5) is 0 Å². The molecular weight excluding hydrogens is 296 g/mol. The van der Waals surface area contributed by atoms with E-state index in [9.17, 15) is 9.90 Å². The highest BCUT2D eigenvalue weighted by Gasteiger charge is 2.37. The molecule has 0 saturated carbocycles. The molecule has 2 atom stereocenters. The number of hydrogen-bond acceptors (Lipinski definition) is 5. The summed E-state index contributed by atoms with van der Waals surface area (Å²) in [4.78, 5) is 14.4. The molecule has 1 amide bonds. The molecule has 2 aliphatic heterocycles. The smallest absolute Gasteiger partial charge is 0.227 e. The van der Waals surface area contributed by atoms with E-state index in [1.54, 1.807) is 24.4 Å². The number of carbonyl (C=O) groups is 1. The first kappa shape index (κ1) is 14.2. The summed E-state index contributed by atoms with van der Waals surface area (Å²) in [5, 5.41) is 17.6. The van der Waals surface area contributed by atoms with E-state index in [-0.39, 0.29) is 30.2 Å². The third-order valence-electron chi connectivity index (χ3n) is 4.55. The van der Waals surface area contributed by atoms with Crippen molar-refractivity contribution in [3.8, 4) is 5.75 Å². The molecule has 23 heavy (non-hydrogen) atoms. The maximum atomic E-state index is 12.6. The lowest BCUT2D eigenvalue weighted by atomic mass is 9.99. The second kappa shape index (κ2) is 5.66. The van der Waals surface area contributed by atoms with Crippen LogP contribution in [0.1, 0.15) is 23.7 Å². The van der Waals surface area contributed by atoms with E-state index in [0.717, 1.165) is 17.7 Å². The summed E-state index contributed by atoms with van der Waals surface area (Å²) >= 11 is 0. The Kier molecular flexibility index (Phi) is 3.49. The first-order valence-electron chi connectivity index (χ1n) is 7.77. The van der Waals surface area contributed by atoms with Crippen LogP contribution >= 0.6 is 0 Å². The summed E-state index contributed by atoms with van der Waals surface area (Å²) in [6.45, 7) is 1.80. The molecule has 0 spiro atoms. The van der Waals surface area contributed by atoms with Gasteiger partial charge in [0.1, 0.15) is 5.75 Å². The summed E-state index contributed by atoms with van der Waals surface area (Å²) in [7, 11) is 0. The van der Waals surface area contributed by atoms with Crippen LogP contribution in [-0.4, -0.2) is 50.1 Å². The molecule has 0 bridgehead atoms. The van der Waals surface area contributed by atoms with E-state index in [0.29, 0.717) is 19.7 Å². The van der Waals surface area contributed by atoms with Crippen LogP contribution in [0.5, 0.6) is 5.75 Å². The maximum absolute atomic E-state index is 12.6. The highest BCUT2D eigenvalue weighted by Crippen LogP contribution is 2.30. The van der Waals surface area contributed by atoms with Crippen LogP contribution in [0, 0.1) is 0 Å². The molecule has 0 unspecified atom stereocenters. The zero-order chi connectivity index (χ0) is 15.8. The van der Waals surface area contributed by atoms with Gasteiger partial charge in [-0.05, 0) is 24.1 Å². The minimum atomic E-state index is 0.0307. The summed E-state index contributed by atoms with van der Waals surface area (Å²) in [6.07, 6.45) is 2.89. The van der Waals surface area contributed by atoms with Gasteiger partial charge < -0.3 is 14.7 Å². The predicted octanol–water partition coefficient (Wildman–Crippen LogP) is 0.899. The number of hydrogen-bond donors (Lipinski definition) is 1. The third-order valence-corrected chi connectivity index (χ3v) is 4.55. The van der Waals surface area contributed by atoms with Gasteiger partial charge in [-0.25, -0.2) is 4.68 Å². The average molecular weight is 314 g/mol. The van der Waals surface area contributed by atoms with Gasteiger partial charge in [0.25, 0.3) is 0 Å². The fourth-order valence-corrected chi connectivity index (χ4v) is 3.36. The van der Waals surface area contributed by atoms with Crippen LogP contribution in [0.15, 0.2) is 30.5 Å². The molecule has 0 radical (unpaired) electrons. The molecule has 0 aliphatic carbocycles. The fourth-order valence-electron chi connectivity index (χ4n) is 3.36. The van der Waals surface area contributed by atoms with Gasteiger partial charge in [-0.15, -0.1) is 5.10 Å². The SMILES string of the molecule is O=C(Cc1cccc(O)c1)N1CC[C@@H]2OCc3cnnn3[C@@H]2C1. The zero-order valence-electron chi connectivity index (χ0n) is 12.6. The van der Waals surface area contributed by atoms with Crippen LogP contribution in [0.2, 0.25) is 0 Å². The van der Waals surface area contributed by atoms with Crippen LogP contribution < -0.4 is 0 Å². The average Bonchev–Trinajstić information content (AvgIpc) is 3.03. The number of aromatic nitrogens is 3. The number of fused-ring (bicyclic) bond motifs is 3. The first-order valence-corrected chi connectivity index (χ1v) is 7.77. The van der Waals surface area contributed by atoms with Crippen molar-refractivity contribution in [3.05, 3.63) is 41.7 Å². The standard InChI is InChI=1S/C16H18N4O3/c21-13-3-1-2-11(6-13)7-16(22)19-5-4-15-14(9-19)20-12(10-23-15)8-17-18-20/h1-3,6,8,14-15,21H,4-5,7,9-10H2/t14-,15+/m1/s1. The van der Waals surface area contributed by atoms with E-state index in [1.807, 2.05) is 15.6 Å². The van der Waals surface area contributed by atoms with Crippen molar-refractivity contribution in [1.29, 1.82) is 0 Å². The van der Waals surface area contributed by atoms with Crippen molar-refractivity contribution < 1.29 is 14.6 Å². The van der Waals surface area contributed by atoms with Gasteiger partial charge in [-0.3, -0.25) is 4.79 Å². The van der Waals surface area contributed by atoms with Crippen molar-refractivity contribution in [2.24, 2.45) is 0 Å². The predicted molar refractivity (Wildman–Crippen MR) is 80.6 cm³/mol. The lowest BCUT2D eigenvalue weighted by Crippen LogP contribution is -2.50. The van der Waals surface area contributed by atoms with E-state index >= 15 is 0 Å². The van der Waals surface area contributed by atoms with Crippen LogP contribution in [-0.2, 0) is 22.6 Å². The van der Waals surface area contributed by atoms with Gasteiger partial charge in [0, 0.05) is 13.1 Å². The molecule has 2 aliphatic rings. The highest BCUT2D eigenvalue weighted by molar-refractivity contribution is 5.79. The Morgan fingerprint density at radius 2 is 2.35 bits per heavy atom. The molecule has 7 heteroatoms. The molecular formula is C16H18N4O3. The number of phenolic OH excluding ortho intramolecular Hbond substituents is 1. The topological polar surface area (TPSA) is 80.5 Å². The van der Waals surface area contributed by atoms with Crippen molar-refractivity contribution >= 4 is 5.91 Å². The molecule has 1 fully saturated rings. The van der Waals surface area contributed by atoms with Gasteiger partial charge in [0.15, 0.2) is 0 Å². The largest absolute Gasteiger partial charge is 0.508 e. The van der Waals surface area contributed by atoms with Crippen molar-refractivity contribution in [1.82, 2.24) is 19.9 Å². The minimum absolute atomic E-state index is 0.0307. The van der Waals surface area contributed by atoms with E-state index in [2.05, 4.69) is 10.3 Å². The lowest BCUT2D eigenvalue weighted by Gasteiger charge is -2.41. The zero-order valence-corrected chi connectivity index (χ0v) is 12.6. The van der Waals surface area contributed by atoms with E-state index in [1.165, 1.54) is 0 Å². The Labute approximate surface area is 133 Å². The Morgan fingerprint density at radius 3 is 3.22 bits per heavy atom. The minimum Gasteiger partial charge on any atom is -0.508 e. The molecule has 2 aromatic rings. The molecule has 4 rings (SSSR count). The number of ether oxygens (including phenoxy) is 1. The van der Waals surface area contributed by atoms with Gasteiger partial charge in [-0.2, -0.15) is 0 Å². The number of amides is 1. The number of benzene rings is 1. The highest BCUT2D eigenvalue weighted by atomic mass is 16.5. The second-order valence-corrected chi connectivity index (χ2v) is 6.06. The Morgan fingerprint density at radius 1 is 1.43 bits per heavy atom. The molecule has 1 N–H and O–H groups in total. The number of piperidine rings is 1. The van der Waals surface area contributed by atoms with Crippen LogP contribution in [0.25, 0.3) is 0 Å². The number of likely N-dealkylation sites (tertiary alicyclic amines) is 1. The quantitative estimate of drug-likeness (QED) is 0.891. The van der Waals surface area contributed by atoms with E-state index in [4.69, 9.17) is 4.74 Å². The number of carbonyl (C=O) groups excluding carboxylic acids is 1. The molecule has 1 aromatic carbocycles. The lowest BCUT2D eigenvalue weighted by molar-refractivity contribution is -0.137. The molecule has 3 heterocycles. The maximum Gasteiger partial charge on any atom is 0.227 e. The summed E-state index contributed by atoms with van der Waals surface area (Å²) in [6, 6.07) is 6.86. The molecule has 7 nitrogen and oxygen atoms in total. The third kappa shape index (κ3) is 2.68. The molecule has 120 valence electrons. The van der Waals surface area contributed by atoms with Gasteiger partial charge >= 0.3 is 0 Å². The Hall–Kier alpha value is -2.41. The fraction of sp³-hybridized carbons (Fsp3) is 0.438. The normalized spacial score (nSPS) is 23.2. The summed E-state index contributed by atoms with van der Waals surface area (Å²) < 4.78 is 7.75. The van der Waals surface area contributed by atoms with Crippen molar-refractivity contribution in [2.45, 2.75) is 31.6 Å². The second-order valence-electron chi connectivity index (χ2n) is 6.06. The van der Waals surface area contributed by atoms with E-state index < -0.39 is 0 Å². The number of rotatable bonds is 2. The van der Waals surface area contributed by atoms with Crippen LogP contribution in [0.3, 0.4) is 0 Å². The van der Waals surface area contributed by atoms with Gasteiger partial charge in [0.05, 0.1) is 37.1 Å². The number of aromatic hydroxyl groups is 1. The summed E-state index contributed by atoms with van der Waals surface area (Å²) in [5.41, 5.74) is 1.77. The van der Waals surface area contributed by atoms with Gasteiger partial charge in [0.2, 0.25) is 5.91 Å².